The molecule has 5 heteroatoms. The lowest BCUT2D eigenvalue weighted by molar-refractivity contribution is -0.134. The Kier molecular flexibility index (Phi) is 10.6. The molecule has 1 atom stereocenters. The second kappa shape index (κ2) is 13.9. The lowest BCUT2D eigenvalue weighted by atomic mass is 9.96. The maximum Gasteiger partial charge on any atom is 0.311 e. The van der Waals surface area contributed by atoms with Gasteiger partial charge in [0.1, 0.15) is 29.1 Å². The van der Waals surface area contributed by atoms with Gasteiger partial charge in [-0.25, -0.2) is 0 Å². The SMILES string of the molecule is CCCCCCCCCCCC(=O)Oc1ccc(C2CCc3ccc(OC)cc3O2)c(OC)c1. The Morgan fingerprint density at radius 1 is 0.882 bits per heavy atom. The van der Waals surface area contributed by atoms with Crippen molar-refractivity contribution in [2.45, 2.75) is 90.1 Å². The van der Waals surface area contributed by atoms with Gasteiger partial charge in [-0.15, -0.1) is 0 Å². The standard InChI is InChI=1S/C29H40O5/c1-4-5-6-7-8-9-10-11-12-13-29(30)33-24-17-18-25(28(21-24)32-3)26-19-15-22-14-16-23(31-2)20-27(22)34-26/h14,16-18,20-21,26H,4-13,15,19H2,1-3H3. The summed E-state index contributed by atoms with van der Waals surface area (Å²) in [6.45, 7) is 2.24. The Bertz CT molecular complexity index is 907. The van der Waals surface area contributed by atoms with E-state index >= 15 is 0 Å². The summed E-state index contributed by atoms with van der Waals surface area (Å²) in [5.41, 5.74) is 2.13. The van der Waals surface area contributed by atoms with Crippen LogP contribution < -0.4 is 18.9 Å². The van der Waals surface area contributed by atoms with Gasteiger partial charge in [0.15, 0.2) is 0 Å². The van der Waals surface area contributed by atoms with Gasteiger partial charge in [0.05, 0.1) is 14.2 Å². The second-order valence-electron chi connectivity index (χ2n) is 9.08. The highest BCUT2D eigenvalue weighted by atomic mass is 16.5. The predicted octanol–water partition coefficient (Wildman–Crippen LogP) is 7.60. The molecular weight excluding hydrogens is 428 g/mol. The summed E-state index contributed by atoms with van der Waals surface area (Å²) in [6, 6.07) is 11.5. The summed E-state index contributed by atoms with van der Waals surface area (Å²) in [5, 5.41) is 0. The zero-order valence-corrected chi connectivity index (χ0v) is 21.1. The number of hydrogen-bond acceptors (Lipinski definition) is 5. The number of esters is 1. The topological polar surface area (TPSA) is 54.0 Å². The van der Waals surface area contributed by atoms with E-state index in [9.17, 15) is 4.79 Å². The van der Waals surface area contributed by atoms with E-state index in [0.29, 0.717) is 17.9 Å². The minimum Gasteiger partial charge on any atom is -0.497 e. The van der Waals surface area contributed by atoms with Gasteiger partial charge >= 0.3 is 5.97 Å². The molecule has 0 spiro atoms. The number of fused-ring (bicyclic) bond motifs is 1. The number of unbranched alkanes of at least 4 members (excludes halogenated alkanes) is 8. The van der Waals surface area contributed by atoms with Crippen LogP contribution in [0.1, 0.15) is 94.8 Å². The van der Waals surface area contributed by atoms with Crippen molar-refractivity contribution in [2.24, 2.45) is 0 Å². The highest BCUT2D eigenvalue weighted by Crippen LogP contribution is 2.40. The zero-order valence-electron chi connectivity index (χ0n) is 21.1. The largest absolute Gasteiger partial charge is 0.497 e. The van der Waals surface area contributed by atoms with Gasteiger partial charge in [-0.1, -0.05) is 64.4 Å². The highest BCUT2D eigenvalue weighted by molar-refractivity contribution is 5.72. The number of ether oxygens (including phenoxy) is 4. The fourth-order valence-corrected chi connectivity index (χ4v) is 4.48. The van der Waals surface area contributed by atoms with Crippen LogP contribution in [0, 0.1) is 0 Å². The first-order chi connectivity index (χ1) is 16.6. The van der Waals surface area contributed by atoms with Crippen molar-refractivity contribution in [1.29, 1.82) is 0 Å². The molecule has 2 aromatic rings. The number of benzene rings is 2. The molecule has 5 nitrogen and oxygen atoms in total. The number of aryl methyl sites for hydroxylation is 1. The quantitative estimate of drug-likeness (QED) is 0.162. The average molecular weight is 469 g/mol. The smallest absolute Gasteiger partial charge is 0.311 e. The van der Waals surface area contributed by atoms with Crippen LogP contribution in [-0.4, -0.2) is 20.2 Å². The molecule has 2 aromatic carbocycles. The zero-order chi connectivity index (χ0) is 24.2. The maximum atomic E-state index is 12.3. The van der Waals surface area contributed by atoms with E-state index in [1.807, 2.05) is 24.3 Å². The molecule has 186 valence electrons. The molecule has 0 N–H and O–H groups in total. The van der Waals surface area contributed by atoms with Crippen molar-refractivity contribution < 1.29 is 23.7 Å². The van der Waals surface area contributed by atoms with E-state index < -0.39 is 0 Å². The van der Waals surface area contributed by atoms with Crippen molar-refractivity contribution in [1.82, 2.24) is 0 Å². The lowest BCUT2D eigenvalue weighted by Crippen LogP contribution is -2.16. The minimum absolute atomic E-state index is 0.124. The third-order valence-corrected chi connectivity index (χ3v) is 6.49. The van der Waals surface area contributed by atoms with Crippen LogP contribution in [0.15, 0.2) is 36.4 Å². The molecule has 0 bridgehead atoms. The first-order valence-corrected chi connectivity index (χ1v) is 12.9. The Morgan fingerprint density at radius 3 is 2.29 bits per heavy atom. The Morgan fingerprint density at radius 2 is 1.59 bits per heavy atom. The predicted molar refractivity (Wildman–Crippen MR) is 135 cm³/mol. The maximum absolute atomic E-state index is 12.3. The summed E-state index contributed by atoms with van der Waals surface area (Å²) in [4.78, 5) is 12.3. The number of rotatable bonds is 14. The Balaban J connectivity index is 1.47. The lowest BCUT2D eigenvalue weighted by Gasteiger charge is -2.28. The molecule has 3 rings (SSSR count). The van der Waals surface area contributed by atoms with Crippen LogP contribution in [0.25, 0.3) is 0 Å². The molecule has 0 saturated heterocycles. The number of carbonyl (C=O) groups excluding carboxylic acids is 1. The molecule has 0 aliphatic carbocycles. The van der Waals surface area contributed by atoms with Crippen LogP contribution in [0.5, 0.6) is 23.0 Å². The molecule has 1 heterocycles. The minimum atomic E-state index is -0.187. The molecular formula is C29H40O5. The highest BCUT2D eigenvalue weighted by Gasteiger charge is 2.25. The monoisotopic (exact) mass is 468 g/mol. The van der Waals surface area contributed by atoms with Crippen LogP contribution in [0.4, 0.5) is 0 Å². The first-order valence-electron chi connectivity index (χ1n) is 12.9. The van der Waals surface area contributed by atoms with Crippen molar-refractivity contribution in [3.8, 4) is 23.0 Å². The fraction of sp³-hybridized carbons (Fsp3) is 0.552. The van der Waals surface area contributed by atoms with Gasteiger partial charge in [-0.05, 0) is 43.0 Å². The van der Waals surface area contributed by atoms with E-state index in [0.717, 1.165) is 42.7 Å². The number of hydrogen-bond donors (Lipinski definition) is 0. The molecule has 34 heavy (non-hydrogen) atoms. The molecule has 0 saturated carbocycles. The molecule has 1 aliphatic heterocycles. The molecule has 1 unspecified atom stereocenters. The van der Waals surface area contributed by atoms with E-state index in [1.54, 1.807) is 20.3 Å². The van der Waals surface area contributed by atoms with Gasteiger partial charge in [0.25, 0.3) is 0 Å². The molecule has 0 radical (unpaired) electrons. The van der Waals surface area contributed by atoms with E-state index in [1.165, 1.54) is 50.5 Å². The van der Waals surface area contributed by atoms with Crippen LogP contribution >= 0.6 is 0 Å². The van der Waals surface area contributed by atoms with Gasteiger partial charge in [-0.2, -0.15) is 0 Å². The second-order valence-corrected chi connectivity index (χ2v) is 9.08. The molecule has 0 aromatic heterocycles. The average Bonchev–Trinajstić information content (AvgIpc) is 2.87. The van der Waals surface area contributed by atoms with Crippen molar-refractivity contribution in [2.75, 3.05) is 14.2 Å². The van der Waals surface area contributed by atoms with Crippen LogP contribution in [0.2, 0.25) is 0 Å². The van der Waals surface area contributed by atoms with Gasteiger partial charge in [0.2, 0.25) is 0 Å². The van der Waals surface area contributed by atoms with E-state index in [4.69, 9.17) is 18.9 Å². The summed E-state index contributed by atoms with van der Waals surface area (Å²) in [6.07, 6.45) is 13.1. The van der Waals surface area contributed by atoms with Crippen LogP contribution in [-0.2, 0) is 11.2 Å². The first kappa shape index (κ1) is 25.9. The molecule has 0 fully saturated rings. The van der Waals surface area contributed by atoms with Gasteiger partial charge in [-0.3, -0.25) is 4.79 Å². The van der Waals surface area contributed by atoms with Crippen molar-refractivity contribution >= 4 is 5.97 Å². The van der Waals surface area contributed by atoms with Crippen LogP contribution in [0.3, 0.4) is 0 Å². The van der Waals surface area contributed by atoms with Gasteiger partial charge < -0.3 is 18.9 Å². The summed E-state index contributed by atoms with van der Waals surface area (Å²) in [7, 11) is 3.28. The molecule has 0 amide bonds. The number of methoxy groups -OCH3 is 2. The van der Waals surface area contributed by atoms with E-state index in [-0.39, 0.29) is 12.1 Å². The summed E-state index contributed by atoms with van der Waals surface area (Å²) in [5.74, 6) is 2.62. The normalized spacial score (nSPS) is 14.7. The van der Waals surface area contributed by atoms with Crippen molar-refractivity contribution in [3.63, 3.8) is 0 Å². The van der Waals surface area contributed by atoms with Gasteiger partial charge in [0, 0.05) is 24.1 Å². The third-order valence-electron chi connectivity index (χ3n) is 6.49. The number of carbonyl (C=O) groups is 1. The Labute approximate surface area is 204 Å². The fourth-order valence-electron chi connectivity index (χ4n) is 4.48. The Hall–Kier alpha value is -2.69. The van der Waals surface area contributed by atoms with Crippen molar-refractivity contribution in [3.05, 3.63) is 47.5 Å². The third kappa shape index (κ3) is 7.68. The van der Waals surface area contributed by atoms with E-state index in [2.05, 4.69) is 13.0 Å². The summed E-state index contributed by atoms with van der Waals surface area (Å²) >= 11 is 0. The summed E-state index contributed by atoms with van der Waals surface area (Å²) < 4.78 is 22.8. The molecule has 1 aliphatic rings.